The molecule has 1 aliphatic rings. The normalized spacial score (nSPS) is 17.1. The highest BCUT2D eigenvalue weighted by Gasteiger charge is 2.18. The van der Waals surface area contributed by atoms with Crippen LogP contribution in [0.25, 0.3) is 21.9 Å². The average Bonchev–Trinajstić information content (AvgIpc) is 3.13. The highest BCUT2D eigenvalue weighted by molar-refractivity contribution is 5.98. The lowest BCUT2D eigenvalue weighted by molar-refractivity contribution is 0.167. The number of nitrogens with zero attached hydrogens (tertiary/aromatic N) is 1. The second-order valence-electron chi connectivity index (χ2n) is 6.59. The van der Waals surface area contributed by atoms with E-state index < -0.39 is 0 Å². The van der Waals surface area contributed by atoms with Crippen LogP contribution in [-0.4, -0.2) is 24.8 Å². The molecule has 1 aromatic heterocycles. The molecule has 1 aliphatic heterocycles. The molecular weight excluding hydrogens is 317 g/mol. The van der Waals surface area contributed by atoms with E-state index in [4.69, 9.17) is 9.47 Å². The van der Waals surface area contributed by atoms with Gasteiger partial charge in [0.2, 0.25) is 0 Å². The summed E-state index contributed by atoms with van der Waals surface area (Å²) in [7, 11) is 0. The van der Waals surface area contributed by atoms with Crippen molar-refractivity contribution < 1.29 is 13.9 Å². The van der Waals surface area contributed by atoms with Crippen molar-refractivity contribution in [3.8, 4) is 16.9 Å². The molecule has 1 atom stereocenters. The lowest BCUT2D eigenvalue weighted by atomic mass is 9.96. The summed E-state index contributed by atoms with van der Waals surface area (Å²) in [6.07, 6.45) is 4.60. The first-order valence-corrected chi connectivity index (χ1v) is 8.55. The van der Waals surface area contributed by atoms with Crippen molar-refractivity contribution in [1.29, 1.82) is 0 Å². The van der Waals surface area contributed by atoms with Crippen molar-refractivity contribution in [2.75, 3.05) is 19.8 Å². The molecule has 2 heterocycles. The largest absolute Gasteiger partial charge is 0.493 e. The van der Waals surface area contributed by atoms with Crippen molar-refractivity contribution in [2.24, 2.45) is 5.92 Å². The molecule has 128 valence electrons. The molecule has 2 aromatic carbocycles. The Balaban J connectivity index is 1.78. The Morgan fingerprint density at radius 3 is 2.96 bits per heavy atom. The smallest absolute Gasteiger partial charge is 0.127 e. The lowest BCUT2D eigenvalue weighted by Gasteiger charge is -2.16. The van der Waals surface area contributed by atoms with Gasteiger partial charge in [0.15, 0.2) is 0 Å². The number of hydrogen-bond acceptors (Lipinski definition) is 3. The second kappa shape index (κ2) is 6.81. The van der Waals surface area contributed by atoms with Crippen LogP contribution in [0.15, 0.2) is 48.8 Å². The molecular formula is C21H20FNO2. The molecule has 0 radical (unpaired) electrons. The topological polar surface area (TPSA) is 31.4 Å². The molecule has 0 aliphatic carbocycles. The fourth-order valence-electron chi connectivity index (χ4n) is 3.33. The van der Waals surface area contributed by atoms with E-state index in [0.717, 1.165) is 47.1 Å². The standard InChI is InChI=1S/C21H20FNO2/c1-14-8-16-4-6-23-11-20(16)18(9-14)19-10-17(22)2-3-21(19)25-13-15-5-7-24-12-15/h2-4,6,8-11,15H,5,7,12-13H2,1H3. The van der Waals surface area contributed by atoms with Gasteiger partial charge in [0, 0.05) is 35.9 Å². The Kier molecular flexibility index (Phi) is 4.36. The maximum absolute atomic E-state index is 14.0. The Morgan fingerprint density at radius 2 is 2.12 bits per heavy atom. The van der Waals surface area contributed by atoms with Crippen molar-refractivity contribution in [3.63, 3.8) is 0 Å². The molecule has 0 N–H and O–H groups in total. The summed E-state index contributed by atoms with van der Waals surface area (Å²) in [5.41, 5.74) is 2.83. The zero-order valence-corrected chi connectivity index (χ0v) is 14.2. The van der Waals surface area contributed by atoms with Gasteiger partial charge in [-0.25, -0.2) is 4.39 Å². The highest BCUT2D eigenvalue weighted by Crippen LogP contribution is 2.36. The minimum absolute atomic E-state index is 0.273. The Bertz CT molecular complexity index is 904. The number of halogens is 1. The summed E-state index contributed by atoms with van der Waals surface area (Å²) >= 11 is 0. The third kappa shape index (κ3) is 3.35. The van der Waals surface area contributed by atoms with Gasteiger partial charge in [-0.3, -0.25) is 4.98 Å². The Labute approximate surface area is 146 Å². The van der Waals surface area contributed by atoms with Crippen molar-refractivity contribution >= 4 is 10.8 Å². The van der Waals surface area contributed by atoms with Gasteiger partial charge in [0.05, 0.1) is 13.2 Å². The van der Waals surface area contributed by atoms with Crippen LogP contribution in [-0.2, 0) is 4.74 Å². The molecule has 4 heteroatoms. The average molecular weight is 337 g/mol. The monoisotopic (exact) mass is 337 g/mol. The van der Waals surface area contributed by atoms with Crippen LogP contribution in [0.2, 0.25) is 0 Å². The van der Waals surface area contributed by atoms with Crippen LogP contribution in [0.5, 0.6) is 5.75 Å². The SMILES string of the molecule is Cc1cc(-c2cc(F)ccc2OCC2CCOC2)c2cnccc2c1. The predicted molar refractivity (Wildman–Crippen MR) is 96.3 cm³/mol. The fourth-order valence-corrected chi connectivity index (χ4v) is 3.33. The van der Waals surface area contributed by atoms with Crippen LogP contribution in [0.1, 0.15) is 12.0 Å². The van der Waals surface area contributed by atoms with Crippen LogP contribution in [0, 0.1) is 18.7 Å². The minimum atomic E-state index is -0.273. The maximum Gasteiger partial charge on any atom is 0.127 e. The first-order valence-electron chi connectivity index (χ1n) is 8.55. The number of hydrogen-bond donors (Lipinski definition) is 0. The zero-order chi connectivity index (χ0) is 17.2. The van der Waals surface area contributed by atoms with E-state index in [2.05, 4.69) is 17.1 Å². The zero-order valence-electron chi connectivity index (χ0n) is 14.2. The van der Waals surface area contributed by atoms with E-state index in [1.807, 2.05) is 19.2 Å². The van der Waals surface area contributed by atoms with Gasteiger partial charge in [0.25, 0.3) is 0 Å². The van der Waals surface area contributed by atoms with Crippen molar-refractivity contribution in [1.82, 2.24) is 4.98 Å². The number of ether oxygens (including phenoxy) is 2. The highest BCUT2D eigenvalue weighted by atomic mass is 19.1. The summed E-state index contributed by atoms with van der Waals surface area (Å²) in [6, 6.07) is 10.8. The number of fused-ring (bicyclic) bond motifs is 1. The maximum atomic E-state index is 14.0. The second-order valence-corrected chi connectivity index (χ2v) is 6.59. The summed E-state index contributed by atoms with van der Waals surface area (Å²) in [5, 5.41) is 2.08. The molecule has 4 rings (SSSR count). The molecule has 0 spiro atoms. The first kappa shape index (κ1) is 16.0. The van der Waals surface area contributed by atoms with Gasteiger partial charge in [-0.2, -0.15) is 0 Å². The third-order valence-electron chi connectivity index (χ3n) is 4.63. The summed E-state index contributed by atoms with van der Waals surface area (Å²) < 4.78 is 25.4. The van der Waals surface area contributed by atoms with E-state index in [1.165, 1.54) is 6.07 Å². The molecule has 1 saturated heterocycles. The predicted octanol–water partition coefficient (Wildman–Crippen LogP) is 4.76. The number of aromatic nitrogens is 1. The summed E-state index contributed by atoms with van der Waals surface area (Å²) in [6.45, 7) is 4.14. The third-order valence-corrected chi connectivity index (χ3v) is 4.63. The molecule has 0 saturated carbocycles. The van der Waals surface area contributed by atoms with Gasteiger partial charge >= 0.3 is 0 Å². The van der Waals surface area contributed by atoms with Crippen molar-refractivity contribution in [2.45, 2.75) is 13.3 Å². The fraction of sp³-hybridized carbons (Fsp3) is 0.286. The molecule has 0 amide bonds. The minimum Gasteiger partial charge on any atom is -0.493 e. The van der Waals surface area contributed by atoms with Gasteiger partial charge < -0.3 is 9.47 Å². The number of pyridine rings is 1. The number of aryl methyl sites for hydroxylation is 1. The van der Waals surface area contributed by atoms with Gasteiger partial charge in [-0.15, -0.1) is 0 Å². The van der Waals surface area contributed by atoms with Gasteiger partial charge in [0.1, 0.15) is 11.6 Å². The number of rotatable bonds is 4. The summed E-state index contributed by atoms with van der Waals surface area (Å²) in [4.78, 5) is 4.24. The quantitative estimate of drug-likeness (QED) is 0.687. The van der Waals surface area contributed by atoms with Crippen LogP contribution >= 0.6 is 0 Å². The molecule has 3 nitrogen and oxygen atoms in total. The van der Waals surface area contributed by atoms with E-state index in [1.54, 1.807) is 18.3 Å². The van der Waals surface area contributed by atoms with Gasteiger partial charge in [-0.1, -0.05) is 12.1 Å². The van der Waals surface area contributed by atoms with Crippen LogP contribution < -0.4 is 4.74 Å². The van der Waals surface area contributed by atoms with Crippen LogP contribution in [0.4, 0.5) is 4.39 Å². The lowest BCUT2D eigenvalue weighted by Crippen LogP contribution is -2.12. The van der Waals surface area contributed by atoms with E-state index in [0.29, 0.717) is 18.3 Å². The number of benzene rings is 2. The van der Waals surface area contributed by atoms with Crippen molar-refractivity contribution in [3.05, 3.63) is 60.2 Å². The van der Waals surface area contributed by atoms with E-state index in [-0.39, 0.29) is 5.82 Å². The molecule has 3 aromatic rings. The van der Waals surface area contributed by atoms with Crippen LogP contribution in [0.3, 0.4) is 0 Å². The van der Waals surface area contributed by atoms with E-state index >= 15 is 0 Å². The molecule has 1 fully saturated rings. The first-order chi connectivity index (χ1) is 12.2. The molecule has 25 heavy (non-hydrogen) atoms. The molecule has 0 bridgehead atoms. The molecule has 1 unspecified atom stereocenters. The van der Waals surface area contributed by atoms with E-state index in [9.17, 15) is 4.39 Å². The van der Waals surface area contributed by atoms with Gasteiger partial charge in [-0.05, 0) is 54.1 Å². The Morgan fingerprint density at radius 1 is 1.20 bits per heavy atom. The Hall–Kier alpha value is -2.46. The summed E-state index contributed by atoms with van der Waals surface area (Å²) in [5.74, 6) is 0.822.